The van der Waals surface area contributed by atoms with Crippen LogP contribution in [0.3, 0.4) is 0 Å². The Kier molecular flexibility index (Phi) is 4.99. The van der Waals surface area contributed by atoms with Crippen LogP contribution in [0.4, 0.5) is 5.69 Å². The van der Waals surface area contributed by atoms with Gasteiger partial charge in [-0.1, -0.05) is 13.8 Å². The van der Waals surface area contributed by atoms with Crippen molar-refractivity contribution >= 4 is 23.5 Å². The highest BCUT2D eigenvalue weighted by Crippen LogP contribution is 2.51. The monoisotopic (exact) mass is 374 g/mol. The van der Waals surface area contributed by atoms with Gasteiger partial charge in [-0.3, -0.25) is 9.59 Å². The smallest absolute Gasteiger partial charge is 0.330 e. The fraction of sp³-hybridized carbons (Fsp3) is 0.550. The Morgan fingerprint density at radius 2 is 1.96 bits per heavy atom. The molecule has 146 valence electrons. The van der Waals surface area contributed by atoms with E-state index in [4.69, 9.17) is 4.74 Å². The fourth-order valence-electron chi connectivity index (χ4n) is 4.02. The van der Waals surface area contributed by atoms with Gasteiger partial charge in [0.25, 0.3) is 5.91 Å². The standard InChI is InChI=1S/C20H26N2O5/c1-4-27-15-12-20(18(25)26,19(15,2)3)21-17(24)13-7-9-14(10-8-13)22-11-5-6-16(22)23/h7-10,15H,4-6,11-12H2,1-3H3,(H,21,24)(H,25,26). The molecule has 0 bridgehead atoms. The van der Waals surface area contributed by atoms with Crippen LogP contribution in [-0.4, -0.2) is 47.7 Å². The molecule has 2 atom stereocenters. The summed E-state index contributed by atoms with van der Waals surface area (Å²) in [5.41, 5.74) is -0.982. The van der Waals surface area contributed by atoms with Gasteiger partial charge in [-0.2, -0.15) is 0 Å². The van der Waals surface area contributed by atoms with Gasteiger partial charge in [-0.25, -0.2) is 4.79 Å². The molecule has 1 saturated carbocycles. The van der Waals surface area contributed by atoms with Crippen LogP contribution < -0.4 is 10.2 Å². The lowest BCUT2D eigenvalue weighted by Crippen LogP contribution is -2.76. The van der Waals surface area contributed by atoms with E-state index in [9.17, 15) is 19.5 Å². The topological polar surface area (TPSA) is 95.9 Å². The first kappa shape index (κ1) is 19.4. The van der Waals surface area contributed by atoms with E-state index in [0.29, 0.717) is 25.1 Å². The molecule has 3 rings (SSSR count). The Balaban J connectivity index is 1.75. The van der Waals surface area contributed by atoms with E-state index in [1.165, 1.54) is 0 Å². The fourth-order valence-corrected chi connectivity index (χ4v) is 4.02. The third kappa shape index (κ3) is 3.10. The molecule has 1 saturated heterocycles. The van der Waals surface area contributed by atoms with Crippen molar-refractivity contribution in [1.82, 2.24) is 5.32 Å². The zero-order chi connectivity index (χ0) is 19.8. The zero-order valence-corrected chi connectivity index (χ0v) is 15.9. The lowest BCUT2D eigenvalue weighted by Gasteiger charge is -2.58. The number of nitrogens with one attached hydrogen (secondary N) is 1. The van der Waals surface area contributed by atoms with E-state index < -0.39 is 22.8 Å². The van der Waals surface area contributed by atoms with E-state index in [1.807, 2.05) is 6.92 Å². The van der Waals surface area contributed by atoms with E-state index >= 15 is 0 Å². The first-order valence-electron chi connectivity index (χ1n) is 9.31. The van der Waals surface area contributed by atoms with Crippen molar-refractivity contribution in [2.45, 2.75) is 51.7 Å². The summed E-state index contributed by atoms with van der Waals surface area (Å²) < 4.78 is 5.62. The molecular formula is C20H26N2O5. The lowest BCUT2D eigenvalue weighted by atomic mass is 9.54. The highest BCUT2D eigenvalue weighted by molar-refractivity contribution is 6.00. The van der Waals surface area contributed by atoms with Crippen LogP contribution >= 0.6 is 0 Å². The third-order valence-electron chi connectivity index (χ3n) is 5.97. The second-order valence-corrected chi connectivity index (χ2v) is 7.73. The summed E-state index contributed by atoms with van der Waals surface area (Å²) in [4.78, 5) is 38.2. The minimum absolute atomic E-state index is 0.0789. The van der Waals surface area contributed by atoms with E-state index in [1.54, 1.807) is 43.0 Å². The van der Waals surface area contributed by atoms with E-state index in [0.717, 1.165) is 12.1 Å². The van der Waals surface area contributed by atoms with Gasteiger partial charge in [0.15, 0.2) is 0 Å². The summed E-state index contributed by atoms with van der Waals surface area (Å²) in [6.45, 7) is 6.64. The number of carbonyl (C=O) groups excluding carboxylic acids is 2. The normalized spacial score (nSPS) is 26.6. The number of hydrogen-bond acceptors (Lipinski definition) is 4. The van der Waals surface area contributed by atoms with Crippen molar-refractivity contribution in [3.05, 3.63) is 29.8 Å². The molecule has 7 nitrogen and oxygen atoms in total. The number of rotatable bonds is 6. The largest absolute Gasteiger partial charge is 0.479 e. The Morgan fingerprint density at radius 1 is 1.30 bits per heavy atom. The van der Waals surface area contributed by atoms with Crippen LogP contribution in [0.5, 0.6) is 0 Å². The summed E-state index contributed by atoms with van der Waals surface area (Å²) in [6, 6.07) is 6.69. The Labute approximate surface area is 158 Å². The molecule has 1 aromatic rings. The van der Waals surface area contributed by atoms with Gasteiger partial charge in [0.1, 0.15) is 5.54 Å². The number of carboxylic acid groups (broad SMARTS) is 1. The highest BCUT2D eigenvalue weighted by Gasteiger charge is 2.66. The maximum Gasteiger partial charge on any atom is 0.330 e. The maximum atomic E-state index is 12.7. The Bertz CT molecular complexity index is 758. The van der Waals surface area contributed by atoms with E-state index in [-0.39, 0.29) is 18.4 Å². The molecule has 1 heterocycles. The summed E-state index contributed by atoms with van der Waals surface area (Å²) in [6.07, 6.45) is 1.38. The highest BCUT2D eigenvalue weighted by atomic mass is 16.5. The van der Waals surface area contributed by atoms with Crippen LogP contribution in [0.25, 0.3) is 0 Å². The van der Waals surface area contributed by atoms with Gasteiger partial charge >= 0.3 is 5.97 Å². The first-order valence-corrected chi connectivity index (χ1v) is 9.31. The first-order chi connectivity index (χ1) is 12.7. The van der Waals surface area contributed by atoms with Crippen molar-refractivity contribution in [2.24, 2.45) is 5.41 Å². The molecule has 0 spiro atoms. The second kappa shape index (κ2) is 6.96. The number of carbonyl (C=O) groups is 3. The summed E-state index contributed by atoms with van der Waals surface area (Å²) in [7, 11) is 0. The quantitative estimate of drug-likeness (QED) is 0.796. The van der Waals surface area contributed by atoms with Crippen LogP contribution in [-0.2, 0) is 14.3 Å². The molecule has 27 heavy (non-hydrogen) atoms. The van der Waals surface area contributed by atoms with Crippen molar-refractivity contribution < 1.29 is 24.2 Å². The Hall–Kier alpha value is -2.41. The summed E-state index contributed by atoms with van der Waals surface area (Å²) in [5.74, 6) is -1.42. The van der Waals surface area contributed by atoms with Crippen LogP contribution in [0.15, 0.2) is 24.3 Å². The zero-order valence-electron chi connectivity index (χ0n) is 15.9. The number of ether oxygens (including phenoxy) is 1. The molecule has 2 fully saturated rings. The molecule has 0 aromatic heterocycles. The number of benzene rings is 1. The number of anilines is 1. The SMILES string of the molecule is CCOC1CC(NC(=O)c2ccc(N3CCCC3=O)cc2)(C(=O)O)C1(C)C. The molecule has 2 aliphatic rings. The van der Waals surface area contributed by atoms with Crippen LogP contribution in [0, 0.1) is 5.41 Å². The van der Waals surface area contributed by atoms with Gasteiger partial charge in [0.2, 0.25) is 5.91 Å². The second-order valence-electron chi connectivity index (χ2n) is 7.73. The molecule has 2 N–H and O–H groups in total. The van der Waals surface area contributed by atoms with Crippen molar-refractivity contribution in [3.63, 3.8) is 0 Å². The molecule has 7 heteroatoms. The Morgan fingerprint density at radius 3 is 2.44 bits per heavy atom. The molecule has 2 amide bonds. The molecule has 0 radical (unpaired) electrons. The van der Waals surface area contributed by atoms with Crippen molar-refractivity contribution in [2.75, 3.05) is 18.1 Å². The van der Waals surface area contributed by atoms with Gasteiger partial charge in [0.05, 0.1) is 6.10 Å². The van der Waals surface area contributed by atoms with Gasteiger partial charge in [0, 0.05) is 42.7 Å². The number of carboxylic acids is 1. The third-order valence-corrected chi connectivity index (χ3v) is 5.97. The number of hydrogen-bond donors (Lipinski definition) is 2. The lowest BCUT2D eigenvalue weighted by molar-refractivity contribution is -0.190. The number of aliphatic carboxylic acids is 1. The van der Waals surface area contributed by atoms with Crippen molar-refractivity contribution in [3.8, 4) is 0 Å². The minimum Gasteiger partial charge on any atom is -0.479 e. The predicted molar refractivity (Wildman–Crippen MR) is 99.7 cm³/mol. The average Bonchev–Trinajstić information content (AvgIpc) is 3.06. The molecule has 1 aliphatic heterocycles. The van der Waals surface area contributed by atoms with Gasteiger partial charge < -0.3 is 20.1 Å². The van der Waals surface area contributed by atoms with Gasteiger partial charge in [-0.15, -0.1) is 0 Å². The summed E-state index contributed by atoms with van der Waals surface area (Å²) >= 11 is 0. The average molecular weight is 374 g/mol. The molecule has 1 aliphatic carbocycles. The number of amides is 2. The van der Waals surface area contributed by atoms with Crippen molar-refractivity contribution in [1.29, 1.82) is 0 Å². The van der Waals surface area contributed by atoms with Crippen LogP contribution in [0.1, 0.15) is 50.4 Å². The van der Waals surface area contributed by atoms with E-state index in [2.05, 4.69) is 5.32 Å². The van der Waals surface area contributed by atoms with Crippen LogP contribution in [0.2, 0.25) is 0 Å². The minimum atomic E-state index is -1.37. The summed E-state index contributed by atoms with van der Waals surface area (Å²) in [5, 5.41) is 12.5. The molecule has 1 aromatic carbocycles. The molecular weight excluding hydrogens is 348 g/mol. The van der Waals surface area contributed by atoms with Gasteiger partial charge in [-0.05, 0) is 37.6 Å². The maximum absolute atomic E-state index is 12.7. The molecule has 2 unspecified atom stereocenters. The predicted octanol–water partition coefficient (Wildman–Crippen LogP) is 2.20. The number of nitrogens with zero attached hydrogens (tertiary/aromatic N) is 1.